The molecule has 2 nitrogen and oxygen atoms in total. The second-order valence-corrected chi connectivity index (χ2v) is 27.9. The van der Waals surface area contributed by atoms with Crippen molar-refractivity contribution in [3.05, 3.63) is 312 Å². The molecule has 0 saturated heterocycles. The zero-order valence-corrected chi connectivity index (χ0v) is 51.7. The van der Waals surface area contributed by atoms with E-state index < -0.39 is 5.41 Å². The van der Waals surface area contributed by atoms with Crippen LogP contribution in [0.5, 0.6) is 0 Å². The van der Waals surface area contributed by atoms with E-state index in [1.807, 2.05) is 0 Å². The predicted octanol–water partition coefficient (Wildman–Crippen LogP) is 23.5. The maximum Gasteiger partial charge on any atom is 0.0725 e. The maximum absolute atomic E-state index is 2.55. The third-order valence-corrected chi connectivity index (χ3v) is 20.0. The van der Waals surface area contributed by atoms with Crippen LogP contribution in [0.15, 0.2) is 273 Å². The second kappa shape index (κ2) is 19.9. The molecule has 0 amide bonds. The molecule has 0 fully saturated rings. The van der Waals surface area contributed by atoms with Gasteiger partial charge in [-0.25, -0.2) is 0 Å². The number of nitrogens with zero attached hydrogens (tertiary/aromatic N) is 2. The van der Waals surface area contributed by atoms with Crippen molar-refractivity contribution in [1.82, 2.24) is 4.57 Å². The van der Waals surface area contributed by atoms with Gasteiger partial charge in [-0.1, -0.05) is 250 Å². The van der Waals surface area contributed by atoms with Gasteiger partial charge >= 0.3 is 0 Å². The van der Waals surface area contributed by atoms with E-state index in [9.17, 15) is 0 Å². The highest BCUT2D eigenvalue weighted by Gasteiger charge is 2.52. The number of fused-ring (bicyclic) bond motifs is 16. The first-order chi connectivity index (χ1) is 42.6. The monoisotopic (exact) mass is 1130 g/mol. The number of hydrogen-bond donors (Lipinski definition) is 0. The standard InChI is InChI=1S/C86H72N2/c1-83(2,3)54-80(84(4,5)6)61-25-21-24-57(48-61)59-36-43-70-67-29-16-19-32-75(67)86(78(70)50-59)76-33-20-17-30-68(76)71-44-37-60(51-79(71)86)58-38-46-81-72(49-58)73-52-64(42-47-82(73)88(81)62-26-13-10-14-27-62)87(63-39-34-56(35-40-63)55-22-11-9-12-23-55)65-41-45-69-66-28-15-18-31-74(66)85(7,8)77(69)53-65/h9-53,80H,54H2,1-8H3. The molecule has 0 N–H and O–H groups in total. The molecule has 1 aromatic heterocycles. The van der Waals surface area contributed by atoms with Gasteiger partial charge in [-0.05, 0) is 208 Å². The first-order valence-electron chi connectivity index (χ1n) is 31.6. The summed E-state index contributed by atoms with van der Waals surface area (Å²) in [7, 11) is 0. The summed E-state index contributed by atoms with van der Waals surface area (Å²) in [6, 6.07) is 104. The summed E-state index contributed by atoms with van der Waals surface area (Å²) in [5, 5.41) is 2.41. The van der Waals surface area contributed by atoms with Gasteiger partial charge in [-0.15, -0.1) is 0 Å². The van der Waals surface area contributed by atoms with Crippen molar-refractivity contribution < 1.29 is 0 Å². The maximum atomic E-state index is 2.55. The lowest BCUT2D eigenvalue weighted by Gasteiger charge is -2.36. The van der Waals surface area contributed by atoms with E-state index in [0.717, 1.165) is 29.2 Å². The lowest BCUT2D eigenvalue weighted by molar-refractivity contribution is 0.229. The van der Waals surface area contributed by atoms with E-state index in [4.69, 9.17) is 0 Å². The fraction of sp³-hybridized carbons (Fsp3) is 0.163. The second-order valence-electron chi connectivity index (χ2n) is 27.9. The van der Waals surface area contributed by atoms with Crippen molar-refractivity contribution in [1.29, 1.82) is 0 Å². The van der Waals surface area contributed by atoms with Crippen LogP contribution >= 0.6 is 0 Å². The molecule has 1 spiro atoms. The van der Waals surface area contributed by atoms with Gasteiger partial charge in [-0.3, -0.25) is 0 Å². The third kappa shape index (κ3) is 8.36. The van der Waals surface area contributed by atoms with Crippen LogP contribution < -0.4 is 4.90 Å². The Hall–Kier alpha value is -9.76. The van der Waals surface area contributed by atoms with Crippen LogP contribution in [0.3, 0.4) is 0 Å². The van der Waals surface area contributed by atoms with Crippen molar-refractivity contribution in [2.75, 3.05) is 4.90 Å². The predicted molar refractivity (Wildman–Crippen MR) is 372 cm³/mol. The lowest BCUT2D eigenvalue weighted by atomic mass is 9.68. The molecule has 0 aliphatic heterocycles. The van der Waals surface area contributed by atoms with Gasteiger partial charge in [0.2, 0.25) is 0 Å². The van der Waals surface area contributed by atoms with Crippen LogP contribution in [0.1, 0.15) is 107 Å². The van der Waals surface area contributed by atoms with E-state index in [-0.39, 0.29) is 16.2 Å². The minimum absolute atomic E-state index is 0.115. The van der Waals surface area contributed by atoms with Gasteiger partial charge in [0.1, 0.15) is 0 Å². The average Bonchev–Trinajstić information content (AvgIpc) is 1.53. The molecule has 1 heterocycles. The van der Waals surface area contributed by atoms with E-state index in [2.05, 4.69) is 338 Å². The Bertz CT molecular complexity index is 4910. The van der Waals surface area contributed by atoms with Gasteiger partial charge in [-0.2, -0.15) is 0 Å². The van der Waals surface area contributed by atoms with Crippen LogP contribution in [0, 0.1) is 10.8 Å². The number of aromatic nitrogens is 1. The highest BCUT2D eigenvalue weighted by molar-refractivity contribution is 6.12. The van der Waals surface area contributed by atoms with E-state index in [0.29, 0.717) is 5.92 Å². The van der Waals surface area contributed by atoms with Gasteiger partial charge in [0, 0.05) is 38.9 Å². The fourth-order valence-corrected chi connectivity index (χ4v) is 15.9. The molecule has 0 radical (unpaired) electrons. The van der Waals surface area contributed by atoms with Crippen molar-refractivity contribution >= 4 is 38.9 Å². The topological polar surface area (TPSA) is 8.17 Å². The molecule has 0 saturated carbocycles. The summed E-state index contributed by atoms with van der Waals surface area (Å²) in [6.45, 7) is 19.1. The number of hydrogen-bond acceptors (Lipinski definition) is 1. The molecule has 13 aromatic rings. The average molecular weight is 1130 g/mol. The van der Waals surface area contributed by atoms with E-state index in [1.165, 1.54) is 128 Å². The molecule has 3 aliphatic carbocycles. The minimum atomic E-state index is -0.525. The lowest BCUT2D eigenvalue weighted by Crippen LogP contribution is -2.26. The number of para-hydroxylation sites is 1. The van der Waals surface area contributed by atoms with Crippen molar-refractivity contribution in [2.45, 2.75) is 78.6 Å². The summed E-state index contributed by atoms with van der Waals surface area (Å²) >= 11 is 0. The van der Waals surface area contributed by atoms with Crippen molar-refractivity contribution in [3.8, 4) is 72.4 Å². The molecule has 3 aliphatic rings. The molecule has 426 valence electrons. The zero-order valence-electron chi connectivity index (χ0n) is 51.7. The van der Waals surface area contributed by atoms with Gasteiger partial charge in [0.05, 0.1) is 16.4 Å². The SMILES string of the molecule is CC(C)(C)CC(c1cccc(-c2ccc3c(c2)C2(c4ccccc4-3)c3ccccc3-c3ccc(-c4ccc5c(c4)c4cc(N(c6ccc(-c7ccccc7)cc6)c6ccc7c(c6)C(C)(C)c6ccccc6-7)ccc4n5-c4ccccc4)cc32)c1)C(C)(C)C. The molecular weight excluding hydrogens is 1060 g/mol. The van der Waals surface area contributed by atoms with Gasteiger partial charge < -0.3 is 9.47 Å². The zero-order chi connectivity index (χ0) is 59.8. The molecule has 16 rings (SSSR count). The molecule has 2 unspecified atom stereocenters. The number of benzene rings is 12. The number of anilines is 3. The Morgan fingerprint density at radius 3 is 1.40 bits per heavy atom. The van der Waals surface area contributed by atoms with E-state index >= 15 is 0 Å². The Morgan fingerprint density at radius 1 is 0.341 bits per heavy atom. The van der Waals surface area contributed by atoms with Crippen LogP contribution in [0.4, 0.5) is 17.1 Å². The Morgan fingerprint density at radius 2 is 0.773 bits per heavy atom. The normalized spacial score (nSPS) is 15.4. The van der Waals surface area contributed by atoms with Gasteiger partial charge in [0.15, 0.2) is 0 Å². The molecule has 2 heteroatoms. The quantitative estimate of drug-likeness (QED) is 0.140. The fourth-order valence-electron chi connectivity index (χ4n) is 15.9. The van der Waals surface area contributed by atoms with E-state index in [1.54, 1.807) is 0 Å². The summed E-state index contributed by atoms with van der Waals surface area (Å²) in [4.78, 5) is 2.47. The van der Waals surface area contributed by atoms with Crippen LogP contribution in [-0.4, -0.2) is 4.57 Å². The van der Waals surface area contributed by atoms with Crippen molar-refractivity contribution in [3.63, 3.8) is 0 Å². The van der Waals surface area contributed by atoms with Crippen LogP contribution in [0.25, 0.3) is 94.3 Å². The Kier molecular flexibility index (Phi) is 12.1. The Labute approximate surface area is 519 Å². The molecule has 12 aromatic carbocycles. The highest BCUT2D eigenvalue weighted by Crippen LogP contribution is 2.64. The third-order valence-electron chi connectivity index (χ3n) is 20.0. The summed E-state index contributed by atoms with van der Waals surface area (Å²) in [5.74, 6) is 0.418. The minimum Gasteiger partial charge on any atom is -0.310 e. The number of rotatable bonds is 9. The first kappa shape index (κ1) is 53.7. The smallest absolute Gasteiger partial charge is 0.0725 e. The van der Waals surface area contributed by atoms with Crippen LogP contribution in [-0.2, 0) is 10.8 Å². The van der Waals surface area contributed by atoms with Gasteiger partial charge in [0.25, 0.3) is 0 Å². The molecule has 88 heavy (non-hydrogen) atoms. The van der Waals surface area contributed by atoms with Crippen LogP contribution in [0.2, 0.25) is 0 Å². The first-order valence-corrected chi connectivity index (χ1v) is 31.6. The molecular formula is C86H72N2. The Balaban J connectivity index is 0.869. The largest absolute Gasteiger partial charge is 0.310 e. The summed E-state index contributed by atoms with van der Waals surface area (Å²) in [5.41, 5.74) is 31.2. The molecule has 0 bridgehead atoms. The van der Waals surface area contributed by atoms with Crippen molar-refractivity contribution in [2.24, 2.45) is 10.8 Å². The highest BCUT2D eigenvalue weighted by atomic mass is 15.1. The molecule has 2 atom stereocenters. The summed E-state index contributed by atoms with van der Waals surface area (Å²) < 4.78 is 2.45. The summed E-state index contributed by atoms with van der Waals surface area (Å²) in [6.07, 6.45) is 1.12.